The van der Waals surface area contributed by atoms with Gasteiger partial charge in [0.2, 0.25) is 5.91 Å². The van der Waals surface area contributed by atoms with E-state index >= 15 is 0 Å². The third-order valence-electron chi connectivity index (χ3n) is 2.09. The summed E-state index contributed by atoms with van der Waals surface area (Å²) < 4.78 is 4.87. The normalized spacial score (nSPS) is 12.9. The molecule has 0 rings (SSSR count). The first-order valence-electron chi connectivity index (χ1n) is 5.57. The lowest BCUT2D eigenvalue weighted by Crippen LogP contribution is -2.37. The number of hydrogen-bond donors (Lipinski definition) is 2. The summed E-state index contributed by atoms with van der Waals surface area (Å²) >= 11 is 0. The molecule has 0 fully saturated rings. The first-order chi connectivity index (χ1) is 7.06. The molecule has 0 radical (unpaired) electrons. The first kappa shape index (κ1) is 14.4. The molecule has 1 unspecified atom stereocenters. The summed E-state index contributed by atoms with van der Waals surface area (Å²) in [5.74, 6) is 0.636. The SMILES string of the molecule is COCCCC(=O)NCC(N)CC(C)C. The topological polar surface area (TPSA) is 64.3 Å². The molecule has 0 spiro atoms. The first-order valence-corrected chi connectivity index (χ1v) is 5.57. The molecule has 4 nitrogen and oxygen atoms in total. The van der Waals surface area contributed by atoms with E-state index in [0.29, 0.717) is 25.5 Å². The molecule has 0 saturated heterocycles. The molecule has 1 atom stereocenters. The van der Waals surface area contributed by atoms with Crippen molar-refractivity contribution in [2.24, 2.45) is 11.7 Å². The van der Waals surface area contributed by atoms with E-state index in [4.69, 9.17) is 10.5 Å². The Morgan fingerprint density at radius 2 is 2.13 bits per heavy atom. The molecule has 0 aromatic carbocycles. The van der Waals surface area contributed by atoms with Crippen LogP contribution in [0, 0.1) is 5.92 Å². The number of nitrogens with two attached hydrogens (primary N) is 1. The number of ether oxygens (including phenoxy) is 1. The van der Waals surface area contributed by atoms with Crippen molar-refractivity contribution >= 4 is 5.91 Å². The lowest BCUT2D eigenvalue weighted by molar-refractivity contribution is -0.121. The molecule has 0 heterocycles. The molecule has 4 heteroatoms. The number of amides is 1. The minimum atomic E-state index is 0.0613. The van der Waals surface area contributed by atoms with Gasteiger partial charge in [-0.05, 0) is 18.8 Å². The van der Waals surface area contributed by atoms with E-state index in [-0.39, 0.29) is 11.9 Å². The van der Waals surface area contributed by atoms with Crippen molar-refractivity contribution < 1.29 is 9.53 Å². The Labute approximate surface area is 92.6 Å². The molecule has 0 saturated carbocycles. The highest BCUT2D eigenvalue weighted by molar-refractivity contribution is 5.75. The molecule has 0 bridgehead atoms. The maximum atomic E-state index is 11.3. The maximum Gasteiger partial charge on any atom is 0.220 e. The maximum absolute atomic E-state index is 11.3. The molecular weight excluding hydrogens is 192 g/mol. The van der Waals surface area contributed by atoms with Crippen LogP contribution in [0.25, 0.3) is 0 Å². The zero-order chi connectivity index (χ0) is 11.7. The van der Waals surface area contributed by atoms with Gasteiger partial charge in [0.1, 0.15) is 0 Å². The van der Waals surface area contributed by atoms with E-state index in [9.17, 15) is 4.79 Å². The smallest absolute Gasteiger partial charge is 0.220 e. The predicted octanol–water partition coefficient (Wildman–Crippen LogP) is 0.903. The molecule has 1 amide bonds. The van der Waals surface area contributed by atoms with E-state index in [0.717, 1.165) is 12.8 Å². The number of carbonyl (C=O) groups excluding carboxylic acids is 1. The molecule has 0 aliphatic heterocycles. The van der Waals surface area contributed by atoms with Gasteiger partial charge in [-0.3, -0.25) is 4.79 Å². The lowest BCUT2D eigenvalue weighted by atomic mass is 10.0. The van der Waals surface area contributed by atoms with Gasteiger partial charge in [-0.2, -0.15) is 0 Å². The Balaban J connectivity index is 3.44. The monoisotopic (exact) mass is 216 g/mol. The summed E-state index contributed by atoms with van der Waals surface area (Å²) in [4.78, 5) is 11.3. The number of carbonyl (C=O) groups is 1. The summed E-state index contributed by atoms with van der Waals surface area (Å²) in [6, 6.07) is 0.0661. The quantitative estimate of drug-likeness (QED) is 0.593. The standard InChI is InChI=1S/C11H24N2O2/c1-9(2)7-10(12)8-13-11(14)5-4-6-15-3/h9-10H,4-8,12H2,1-3H3,(H,13,14). The minimum absolute atomic E-state index is 0.0613. The van der Waals surface area contributed by atoms with Crippen LogP contribution in [-0.2, 0) is 9.53 Å². The molecule has 0 aromatic rings. The minimum Gasteiger partial charge on any atom is -0.385 e. The summed E-state index contributed by atoms with van der Waals surface area (Å²) in [6.07, 6.45) is 2.22. The fourth-order valence-electron chi connectivity index (χ4n) is 1.40. The number of hydrogen-bond acceptors (Lipinski definition) is 3. The van der Waals surface area contributed by atoms with Crippen molar-refractivity contribution in [2.75, 3.05) is 20.3 Å². The third kappa shape index (κ3) is 9.69. The Bertz CT molecular complexity index is 172. The van der Waals surface area contributed by atoms with Crippen LogP contribution < -0.4 is 11.1 Å². The highest BCUT2D eigenvalue weighted by atomic mass is 16.5. The number of nitrogens with one attached hydrogen (secondary N) is 1. The van der Waals surface area contributed by atoms with Gasteiger partial charge in [-0.1, -0.05) is 13.8 Å². The summed E-state index contributed by atoms with van der Waals surface area (Å²) in [7, 11) is 1.64. The van der Waals surface area contributed by atoms with Crippen molar-refractivity contribution in [2.45, 2.75) is 39.2 Å². The van der Waals surface area contributed by atoms with E-state index in [1.165, 1.54) is 0 Å². The summed E-state index contributed by atoms with van der Waals surface area (Å²) in [5.41, 5.74) is 5.84. The molecule has 3 N–H and O–H groups in total. The Kier molecular flexibility index (Phi) is 8.33. The van der Waals surface area contributed by atoms with Crippen LogP contribution >= 0.6 is 0 Å². The number of rotatable bonds is 8. The largest absolute Gasteiger partial charge is 0.385 e. The Morgan fingerprint density at radius 1 is 1.47 bits per heavy atom. The van der Waals surface area contributed by atoms with E-state index in [1.54, 1.807) is 7.11 Å². The highest BCUT2D eigenvalue weighted by Crippen LogP contribution is 2.01. The predicted molar refractivity (Wildman–Crippen MR) is 61.6 cm³/mol. The highest BCUT2D eigenvalue weighted by Gasteiger charge is 2.07. The van der Waals surface area contributed by atoms with E-state index in [1.807, 2.05) is 0 Å². The van der Waals surface area contributed by atoms with Gasteiger partial charge in [0.25, 0.3) is 0 Å². The molecule has 0 aromatic heterocycles. The van der Waals surface area contributed by atoms with Crippen LogP contribution in [0.3, 0.4) is 0 Å². The Hall–Kier alpha value is -0.610. The molecule has 15 heavy (non-hydrogen) atoms. The van der Waals surface area contributed by atoms with E-state index in [2.05, 4.69) is 19.2 Å². The summed E-state index contributed by atoms with van der Waals surface area (Å²) in [6.45, 7) is 5.45. The van der Waals surface area contributed by atoms with Crippen molar-refractivity contribution in [3.8, 4) is 0 Å². The van der Waals surface area contributed by atoms with Crippen LogP contribution in [0.5, 0.6) is 0 Å². The van der Waals surface area contributed by atoms with Crippen LogP contribution in [0.1, 0.15) is 33.1 Å². The molecule has 0 aliphatic rings. The lowest BCUT2D eigenvalue weighted by Gasteiger charge is -2.14. The van der Waals surface area contributed by atoms with Gasteiger partial charge in [-0.15, -0.1) is 0 Å². The zero-order valence-electron chi connectivity index (χ0n) is 10.1. The average molecular weight is 216 g/mol. The van der Waals surface area contributed by atoms with Gasteiger partial charge in [-0.25, -0.2) is 0 Å². The van der Waals surface area contributed by atoms with Crippen LogP contribution in [0.2, 0.25) is 0 Å². The number of methoxy groups -OCH3 is 1. The van der Waals surface area contributed by atoms with Crippen molar-refractivity contribution in [3.63, 3.8) is 0 Å². The second-order valence-electron chi connectivity index (χ2n) is 4.29. The molecule has 0 aliphatic carbocycles. The van der Waals surface area contributed by atoms with E-state index < -0.39 is 0 Å². The van der Waals surface area contributed by atoms with Crippen LogP contribution in [-0.4, -0.2) is 32.2 Å². The fraction of sp³-hybridized carbons (Fsp3) is 0.909. The van der Waals surface area contributed by atoms with Crippen molar-refractivity contribution in [1.82, 2.24) is 5.32 Å². The van der Waals surface area contributed by atoms with Crippen molar-refractivity contribution in [1.29, 1.82) is 0 Å². The van der Waals surface area contributed by atoms with Crippen molar-refractivity contribution in [3.05, 3.63) is 0 Å². The molecular formula is C11H24N2O2. The molecule has 90 valence electrons. The van der Waals surface area contributed by atoms with Crippen LogP contribution in [0.15, 0.2) is 0 Å². The van der Waals surface area contributed by atoms with Gasteiger partial charge < -0.3 is 15.8 Å². The summed E-state index contributed by atoms with van der Waals surface area (Å²) in [5, 5.41) is 2.83. The van der Waals surface area contributed by atoms with Gasteiger partial charge in [0.15, 0.2) is 0 Å². The van der Waals surface area contributed by atoms with Crippen LogP contribution in [0.4, 0.5) is 0 Å². The zero-order valence-corrected chi connectivity index (χ0v) is 10.1. The second-order valence-corrected chi connectivity index (χ2v) is 4.29. The van der Waals surface area contributed by atoms with Gasteiger partial charge in [0, 0.05) is 32.7 Å². The average Bonchev–Trinajstić information content (AvgIpc) is 2.14. The fourth-order valence-corrected chi connectivity index (χ4v) is 1.40. The van der Waals surface area contributed by atoms with Gasteiger partial charge >= 0.3 is 0 Å². The Morgan fingerprint density at radius 3 is 2.67 bits per heavy atom. The third-order valence-corrected chi connectivity index (χ3v) is 2.09. The second kappa shape index (κ2) is 8.68. The van der Waals surface area contributed by atoms with Gasteiger partial charge in [0.05, 0.1) is 0 Å².